The van der Waals surface area contributed by atoms with Crippen LogP contribution in [0.3, 0.4) is 0 Å². The number of pyridine rings is 2. The maximum atomic E-state index is 11.3. The zero-order chi connectivity index (χ0) is 11.5. The lowest BCUT2D eigenvalue weighted by molar-refractivity contribution is 1.07. The molecule has 0 bridgehead atoms. The molecule has 0 atom stereocenters. The Balaban J connectivity index is 2.75. The number of thiol groups is 1. The molecule has 2 aromatic heterocycles. The van der Waals surface area contributed by atoms with E-state index in [4.69, 9.17) is 5.26 Å². The molecule has 78 valence electrons. The minimum atomic E-state index is -0.289. The van der Waals surface area contributed by atoms with Crippen LogP contribution in [0.15, 0.2) is 40.4 Å². The van der Waals surface area contributed by atoms with Gasteiger partial charge in [0, 0.05) is 29.6 Å². The summed E-state index contributed by atoms with van der Waals surface area (Å²) in [5.41, 5.74) is 1.32. The normalized spacial score (nSPS) is 9.75. The topological polar surface area (TPSA) is 69.5 Å². The third kappa shape index (κ3) is 1.83. The molecule has 0 fully saturated rings. The summed E-state index contributed by atoms with van der Waals surface area (Å²) in [4.78, 5) is 17.7. The first-order valence-corrected chi connectivity index (χ1v) is 4.94. The Morgan fingerprint density at radius 1 is 1.50 bits per heavy atom. The fraction of sp³-hybridized carbons (Fsp3) is 0. The average Bonchev–Trinajstić information content (AvgIpc) is 2.29. The monoisotopic (exact) mass is 229 g/mol. The van der Waals surface area contributed by atoms with Crippen LogP contribution in [0.4, 0.5) is 0 Å². The van der Waals surface area contributed by atoms with Gasteiger partial charge in [0.05, 0.1) is 10.6 Å². The zero-order valence-corrected chi connectivity index (χ0v) is 9.03. The maximum absolute atomic E-state index is 11.3. The van der Waals surface area contributed by atoms with Crippen molar-refractivity contribution in [2.45, 2.75) is 5.03 Å². The molecular formula is C11H7N3OS. The van der Waals surface area contributed by atoms with Crippen LogP contribution >= 0.6 is 12.6 Å². The Labute approximate surface area is 97.0 Å². The quantitative estimate of drug-likeness (QED) is 0.730. The van der Waals surface area contributed by atoms with E-state index >= 15 is 0 Å². The van der Waals surface area contributed by atoms with Crippen molar-refractivity contribution in [1.82, 2.24) is 9.97 Å². The number of nitrogens with zero attached hydrogens (tertiary/aromatic N) is 2. The van der Waals surface area contributed by atoms with Gasteiger partial charge in [-0.05, 0) is 6.07 Å². The third-order valence-corrected chi connectivity index (χ3v) is 2.44. The lowest BCUT2D eigenvalue weighted by Crippen LogP contribution is -2.07. The highest BCUT2D eigenvalue weighted by molar-refractivity contribution is 7.80. The van der Waals surface area contributed by atoms with Crippen LogP contribution in [0.5, 0.6) is 0 Å². The van der Waals surface area contributed by atoms with Crippen molar-refractivity contribution in [3.05, 3.63) is 46.5 Å². The molecule has 2 aromatic rings. The fourth-order valence-corrected chi connectivity index (χ4v) is 1.69. The number of nitrogens with one attached hydrogen (secondary N) is 1. The molecule has 0 saturated carbocycles. The average molecular weight is 229 g/mol. The molecular weight excluding hydrogens is 222 g/mol. The van der Waals surface area contributed by atoms with E-state index in [0.29, 0.717) is 11.1 Å². The minimum absolute atomic E-state index is 0.272. The number of aromatic nitrogens is 2. The predicted octanol–water partition coefficient (Wildman–Crippen LogP) is 1.60. The van der Waals surface area contributed by atoms with Gasteiger partial charge in [0.25, 0.3) is 0 Å². The number of hydrogen-bond donors (Lipinski definition) is 2. The van der Waals surface area contributed by atoms with Gasteiger partial charge in [-0.2, -0.15) is 5.26 Å². The van der Waals surface area contributed by atoms with E-state index in [2.05, 4.69) is 22.6 Å². The second-order valence-electron chi connectivity index (χ2n) is 3.12. The molecule has 2 rings (SSSR count). The molecule has 5 heteroatoms. The van der Waals surface area contributed by atoms with Crippen molar-refractivity contribution < 1.29 is 0 Å². The van der Waals surface area contributed by atoms with Crippen LogP contribution in [0.1, 0.15) is 5.56 Å². The molecule has 0 aromatic carbocycles. The van der Waals surface area contributed by atoms with Crippen LogP contribution in [0.2, 0.25) is 0 Å². The Morgan fingerprint density at radius 2 is 2.31 bits per heavy atom. The summed E-state index contributed by atoms with van der Waals surface area (Å²) >= 11 is 4.07. The predicted molar refractivity (Wildman–Crippen MR) is 62.3 cm³/mol. The van der Waals surface area contributed by atoms with E-state index in [-0.39, 0.29) is 10.6 Å². The van der Waals surface area contributed by atoms with Gasteiger partial charge >= 0.3 is 0 Å². The largest absolute Gasteiger partial charge is 0.316 e. The summed E-state index contributed by atoms with van der Waals surface area (Å²) < 4.78 is 0. The molecule has 2 heterocycles. The summed E-state index contributed by atoms with van der Waals surface area (Å²) in [5.74, 6) is 0. The van der Waals surface area contributed by atoms with Crippen LogP contribution < -0.4 is 5.56 Å². The highest BCUT2D eigenvalue weighted by Crippen LogP contribution is 2.23. The van der Waals surface area contributed by atoms with Crippen molar-refractivity contribution >= 4 is 12.6 Å². The smallest absolute Gasteiger partial charge is 0.249 e. The van der Waals surface area contributed by atoms with E-state index in [9.17, 15) is 4.79 Å². The maximum Gasteiger partial charge on any atom is 0.249 e. The first-order valence-electron chi connectivity index (χ1n) is 4.49. The molecule has 1 N–H and O–H groups in total. The summed E-state index contributed by atoms with van der Waals surface area (Å²) in [6.07, 6.45) is 3.23. The van der Waals surface area contributed by atoms with Crippen molar-refractivity contribution in [2.75, 3.05) is 0 Å². The lowest BCUT2D eigenvalue weighted by atomic mass is 10.0. The van der Waals surface area contributed by atoms with E-state index in [1.165, 1.54) is 6.07 Å². The fourth-order valence-electron chi connectivity index (χ4n) is 1.41. The first kappa shape index (κ1) is 10.5. The summed E-state index contributed by atoms with van der Waals surface area (Å²) in [6.45, 7) is 0. The van der Waals surface area contributed by atoms with Crippen LogP contribution in [-0.4, -0.2) is 9.97 Å². The molecule has 0 spiro atoms. The zero-order valence-electron chi connectivity index (χ0n) is 8.14. The van der Waals surface area contributed by atoms with E-state index in [1.807, 2.05) is 6.07 Å². The molecule has 0 aliphatic carbocycles. The third-order valence-electron chi connectivity index (χ3n) is 2.11. The second-order valence-corrected chi connectivity index (χ2v) is 3.57. The first-order chi connectivity index (χ1) is 7.72. The Bertz CT molecular complexity index is 613. The lowest BCUT2D eigenvalue weighted by Gasteiger charge is -2.04. The molecule has 0 aliphatic heterocycles. The van der Waals surface area contributed by atoms with Gasteiger partial charge in [-0.25, -0.2) is 0 Å². The highest BCUT2D eigenvalue weighted by atomic mass is 32.1. The van der Waals surface area contributed by atoms with Crippen LogP contribution in [-0.2, 0) is 0 Å². The highest BCUT2D eigenvalue weighted by Gasteiger charge is 2.09. The Kier molecular flexibility index (Phi) is 2.75. The number of hydrogen-bond acceptors (Lipinski definition) is 4. The van der Waals surface area contributed by atoms with Crippen LogP contribution in [0.25, 0.3) is 11.1 Å². The summed E-state index contributed by atoms with van der Waals surface area (Å²) in [5, 5.41) is 9.28. The molecule has 16 heavy (non-hydrogen) atoms. The van der Waals surface area contributed by atoms with Crippen molar-refractivity contribution in [2.24, 2.45) is 0 Å². The van der Waals surface area contributed by atoms with E-state index in [0.717, 1.165) is 5.56 Å². The minimum Gasteiger partial charge on any atom is -0.316 e. The second kappa shape index (κ2) is 4.21. The van der Waals surface area contributed by atoms with Gasteiger partial charge in [0.1, 0.15) is 6.07 Å². The van der Waals surface area contributed by atoms with Crippen molar-refractivity contribution in [1.29, 1.82) is 5.26 Å². The number of aromatic amines is 1. The molecule has 0 radical (unpaired) electrons. The van der Waals surface area contributed by atoms with Crippen molar-refractivity contribution in [3.8, 4) is 17.2 Å². The summed E-state index contributed by atoms with van der Waals surface area (Å²) in [6, 6.07) is 6.92. The van der Waals surface area contributed by atoms with E-state index in [1.54, 1.807) is 24.5 Å². The van der Waals surface area contributed by atoms with Gasteiger partial charge in [0.15, 0.2) is 0 Å². The molecule has 0 aliphatic rings. The number of nitriles is 1. The van der Waals surface area contributed by atoms with Crippen molar-refractivity contribution in [3.63, 3.8) is 0 Å². The van der Waals surface area contributed by atoms with Crippen LogP contribution in [0, 0.1) is 11.3 Å². The van der Waals surface area contributed by atoms with Gasteiger partial charge in [-0.15, -0.1) is 12.6 Å². The summed E-state index contributed by atoms with van der Waals surface area (Å²) in [7, 11) is 0. The van der Waals surface area contributed by atoms with Gasteiger partial charge in [-0.1, -0.05) is 6.07 Å². The van der Waals surface area contributed by atoms with Gasteiger partial charge in [-0.3, -0.25) is 9.78 Å². The molecule has 0 saturated heterocycles. The number of H-pyrrole nitrogens is 1. The Hall–Kier alpha value is -2.06. The Morgan fingerprint density at radius 3 is 2.94 bits per heavy atom. The van der Waals surface area contributed by atoms with Gasteiger partial charge in [0.2, 0.25) is 5.56 Å². The number of rotatable bonds is 1. The van der Waals surface area contributed by atoms with Gasteiger partial charge < -0.3 is 4.98 Å². The molecule has 4 nitrogen and oxygen atoms in total. The van der Waals surface area contributed by atoms with E-state index < -0.39 is 0 Å². The molecule has 0 amide bonds. The molecule has 0 unspecified atom stereocenters. The SMILES string of the molecule is N#Cc1c(-c2cccnc2)cc(=O)[nH]c1S. The standard InChI is InChI=1S/C11H7N3OS/c12-5-9-8(4-10(15)14-11(9)16)7-2-1-3-13-6-7/h1-4,6H,(H2,14,15,16).